The molecule has 38 heavy (non-hydrogen) atoms. The van der Waals surface area contributed by atoms with Gasteiger partial charge in [-0.3, -0.25) is 4.79 Å². The largest absolute Gasteiger partial charge is 0.447 e. The lowest BCUT2D eigenvalue weighted by atomic mass is 9.83. The molecule has 0 saturated carbocycles. The van der Waals surface area contributed by atoms with Gasteiger partial charge in [0, 0.05) is 5.92 Å². The van der Waals surface area contributed by atoms with Crippen LogP contribution in [0, 0.1) is 11.8 Å². The number of carbonyl (C=O) groups excluding carboxylic acids is 2. The number of amides is 2. The van der Waals surface area contributed by atoms with Crippen LogP contribution in [0.2, 0.25) is 0 Å². The normalized spacial score (nSPS) is 25.0. The van der Waals surface area contributed by atoms with Crippen LogP contribution in [0.4, 0.5) is 4.79 Å². The molecule has 2 aliphatic heterocycles. The zero-order valence-corrected chi connectivity index (χ0v) is 21.4. The second-order valence-corrected chi connectivity index (χ2v) is 9.90. The van der Waals surface area contributed by atoms with Crippen LogP contribution >= 0.6 is 0 Å². The molecule has 3 aromatic carbocycles. The first-order valence-electron chi connectivity index (χ1n) is 13.2. The number of cyclic esters (lactones) is 1. The van der Waals surface area contributed by atoms with Crippen molar-refractivity contribution in [3.8, 4) is 0 Å². The molecule has 2 fully saturated rings. The van der Waals surface area contributed by atoms with E-state index in [1.165, 1.54) is 10.5 Å². The van der Waals surface area contributed by atoms with Crippen LogP contribution in [0.3, 0.4) is 0 Å². The molecule has 2 aliphatic rings. The van der Waals surface area contributed by atoms with Crippen LogP contribution in [0.1, 0.15) is 23.1 Å². The van der Waals surface area contributed by atoms with Crippen molar-refractivity contribution < 1.29 is 19.1 Å². The van der Waals surface area contributed by atoms with Crippen LogP contribution in [0.5, 0.6) is 0 Å². The molecular weight excluding hydrogens is 474 g/mol. The lowest BCUT2D eigenvalue weighted by molar-refractivity contribution is -0.136. The average Bonchev–Trinajstić information content (AvgIpc) is 3.51. The number of aryl methyl sites for hydroxylation is 1. The summed E-state index contributed by atoms with van der Waals surface area (Å²) in [6.07, 6.45) is 6.55. The summed E-state index contributed by atoms with van der Waals surface area (Å²) in [5.74, 6) is -1.05. The predicted octanol–water partition coefficient (Wildman–Crippen LogP) is 6.11. The highest BCUT2D eigenvalue weighted by Gasteiger charge is 2.51. The molecular formula is C33H33NO4. The van der Waals surface area contributed by atoms with Crippen molar-refractivity contribution in [1.29, 1.82) is 0 Å². The van der Waals surface area contributed by atoms with E-state index < -0.39 is 12.0 Å². The zero-order chi connectivity index (χ0) is 26.3. The molecule has 2 amide bonds. The van der Waals surface area contributed by atoms with Crippen molar-refractivity contribution in [2.75, 3.05) is 6.61 Å². The van der Waals surface area contributed by atoms with E-state index in [1.54, 1.807) is 6.08 Å². The van der Waals surface area contributed by atoms with Gasteiger partial charge in [-0.2, -0.15) is 0 Å². The van der Waals surface area contributed by atoms with E-state index in [0.717, 1.165) is 17.5 Å². The number of rotatable bonds is 9. The number of ether oxygens (including phenoxy) is 2. The summed E-state index contributed by atoms with van der Waals surface area (Å²) in [6.45, 7) is 4.26. The highest BCUT2D eigenvalue weighted by molar-refractivity contribution is 5.95. The van der Waals surface area contributed by atoms with E-state index in [0.29, 0.717) is 12.8 Å². The molecule has 0 radical (unpaired) electrons. The second kappa shape index (κ2) is 12.1. The summed E-state index contributed by atoms with van der Waals surface area (Å²) < 4.78 is 11.9. The Kier molecular flexibility index (Phi) is 8.15. The van der Waals surface area contributed by atoms with Gasteiger partial charge in [-0.05, 0) is 36.0 Å². The first-order chi connectivity index (χ1) is 18.6. The standard InChI is InChI=1S/C33H33NO4/c1-2-28-29(20-18-24-12-6-3-7-13-24)38-30(21-19-25-14-8-4-9-15-25)31(28)32(35)34-27(23-37-33(34)36)22-26-16-10-5-11-17-26/h2-18,20,27-31H,1,19,21-23H2/b20-18+/t27-,28+,29+,30+,31-/m0/s1. The van der Waals surface area contributed by atoms with Gasteiger partial charge in [0.1, 0.15) is 6.61 Å². The third kappa shape index (κ3) is 5.79. The Balaban J connectivity index is 1.40. The lowest BCUT2D eigenvalue weighted by Crippen LogP contribution is -2.47. The Morgan fingerprint density at radius 1 is 0.921 bits per heavy atom. The summed E-state index contributed by atoms with van der Waals surface area (Å²) in [5.41, 5.74) is 3.30. The van der Waals surface area contributed by atoms with Crippen LogP contribution in [-0.2, 0) is 27.1 Å². The van der Waals surface area contributed by atoms with E-state index in [4.69, 9.17) is 9.47 Å². The van der Waals surface area contributed by atoms with Crippen LogP contribution in [-0.4, -0.2) is 41.8 Å². The second-order valence-electron chi connectivity index (χ2n) is 9.90. The molecule has 0 N–H and O–H groups in total. The molecule has 2 saturated heterocycles. The molecule has 5 heteroatoms. The van der Waals surface area contributed by atoms with Crippen molar-refractivity contribution in [1.82, 2.24) is 4.90 Å². The van der Waals surface area contributed by atoms with Gasteiger partial charge >= 0.3 is 6.09 Å². The third-order valence-corrected chi connectivity index (χ3v) is 7.43. The minimum atomic E-state index is -0.580. The Hall–Kier alpha value is -3.96. The summed E-state index contributed by atoms with van der Waals surface area (Å²) in [7, 11) is 0. The number of imide groups is 1. The predicted molar refractivity (Wildman–Crippen MR) is 148 cm³/mol. The van der Waals surface area contributed by atoms with Gasteiger partial charge in [0.25, 0.3) is 0 Å². The highest BCUT2D eigenvalue weighted by atomic mass is 16.6. The smallest absolute Gasteiger partial charge is 0.416 e. The van der Waals surface area contributed by atoms with Gasteiger partial charge in [0.2, 0.25) is 5.91 Å². The minimum absolute atomic E-state index is 0.192. The zero-order valence-electron chi connectivity index (χ0n) is 21.4. The van der Waals surface area contributed by atoms with Gasteiger partial charge in [0.05, 0.1) is 24.2 Å². The summed E-state index contributed by atoms with van der Waals surface area (Å²) in [4.78, 5) is 28.3. The van der Waals surface area contributed by atoms with E-state index >= 15 is 0 Å². The molecule has 0 unspecified atom stereocenters. The number of benzene rings is 3. The van der Waals surface area contributed by atoms with Crippen molar-refractivity contribution in [3.05, 3.63) is 126 Å². The summed E-state index contributed by atoms with van der Waals surface area (Å²) >= 11 is 0. The molecule has 0 spiro atoms. The number of carbonyl (C=O) groups is 2. The SMILES string of the molecule is C=C[C@H]1[C@H](C(=O)N2C(=O)OC[C@@H]2Cc2ccccc2)[C@@H](CCc2ccccc2)O[C@@H]1/C=C/c1ccccc1. The molecule has 0 bridgehead atoms. The molecule has 5 rings (SSSR count). The molecule has 5 atom stereocenters. The summed E-state index contributed by atoms with van der Waals surface area (Å²) in [6, 6.07) is 29.7. The fourth-order valence-corrected chi connectivity index (χ4v) is 5.51. The van der Waals surface area contributed by atoms with E-state index in [2.05, 4.69) is 18.7 Å². The van der Waals surface area contributed by atoms with Crippen molar-refractivity contribution >= 4 is 18.1 Å². The first kappa shape index (κ1) is 25.7. The fourth-order valence-electron chi connectivity index (χ4n) is 5.51. The van der Waals surface area contributed by atoms with Gasteiger partial charge < -0.3 is 9.47 Å². The van der Waals surface area contributed by atoms with Gasteiger partial charge in [0.15, 0.2) is 0 Å². The maximum absolute atomic E-state index is 14.1. The van der Waals surface area contributed by atoms with Crippen molar-refractivity contribution in [3.63, 3.8) is 0 Å². The third-order valence-electron chi connectivity index (χ3n) is 7.43. The number of hydrogen-bond acceptors (Lipinski definition) is 4. The van der Waals surface area contributed by atoms with Crippen molar-refractivity contribution in [2.24, 2.45) is 11.8 Å². The summed E-state index contributed by atoms with van der Waals surface area (Å²) in [5, 5.41) is 0. The molecule has 3 aromatic rings. The molecule has 5 nitrogen and oxygen atoms in total. The van der Waals surface area contributed by atoms with Gasteiger partial charge in [-0.25, -0.2) is 9.69 Å². The fraction of sp³-hybridized carbons (Fsp3) is 0.273. The number of nitrogens with zero attached hydrogens (tertiary/aromatic N) is 1. The van der Waals surface area contributed by atoms with Gasteiger partial charge in [-0.1, -0.05) is 109 Å². The Morgan fingerprint density at radius 3 is 2.21 bits per heavy atom. The monoisotopic (exact) mass is 507 g/mol. The Bertz CT molecular complexity index is 1260. The quantitative estimate of drug-likeness (QED) is 0.328. The van der Waals surface area contributed by atoms with Gasteiger partial charge in [-0.15, -0.1) is 6.58 Å². The first-order valence-corrected chi connectivity index (χ1v) is 13.2. The maximum Gasteiger partial charge on any atom is 0.416 e. The minimum Gasteiger partial charge on any atom is -0.447 e. The molecule has 0 aromatic heterocycles. The molecule has 0 aliphatic carbocycles. The van der Waals surface area contributed by atoms with Crippen molar-refractivity contribution in [2.45, 2.75) is 37.5 Å². The lowest BCUT2D eigenvalue weighted by Gasteiger charge is -2.27. The maximum atomic E-state index is 14.1. The Morgan fingerprint density at radius 2 is 1.55 bits per heavy atom. The number of hydrogen-bond donors (Lipinski definition) is 0. The highest BCUT2D eigenvalue weighted by Crippen LogP contribution is 2.39. The average molecular weight is 508 g/mol. The van der Waals surface area contributed by atoms with Crippen LogP contribution in [0.15, 0.2) is 110 Å². The van der Waals surface area contributed by atoms with Crippen LogP contribution in [0.25, 0.3) is 6.08 Å². The van der Waals surface area contributed by atoms with E-state index in [1.807, 2.05) is 91.0 Å². The van der Waals surface area contributed by atoms with E-state index in [-0.39, 0.29) is 36.7 Å². The topological polar surface area (TPSA) is 55.8 Å². The molecule has 194 valence electrons. The van der Waals surface area contributed by atoms with E-state index in [9.17, 15) is 9.59 Å². The Labute approximate surface area is 224 Å². The molecule has 2 heterocycles. The van der Waals surface area contributed by atoms with Crippen LogP contribution < -0.4 is 0 Å².